The predicted octanol–water partition coefficient (Wildman–Crippen LogP) is 4.24. The molecule has 0 radical (unpaired) electrons. The Labute approximate surface area is 167 Å². The molecule has 1 saturated heterocycles. The topological polar surface area (TPSA) is 66.5 Å². The average Bonchev–Trinajstić information content (AvgIpc) is 2.70. The minimum Gasteiger partial charge on any atom is -0.326 e. The van der Waals surface area contributed by atoms with E-state index in [0.29, 0.717) is 31.1 Å². The zero-order chi connectivity index (χ0) is 20.1. The van der Waals surface area contributed by atoms with E-state index in [1.807, 2.05) is 37.3 Å². The van der Waals surface area contributed by atoms with Gasteiger partial charge in [-0.1, -0.05) is 44.2 Å². The Morgan fingerprint density at radius 3 is 2.25 bits per heavy atom. The van der Waals surface area contributed by atoms with Crippen molar-refractivity contribution in [2.75, 3.05) is 18.4 Å². The van der Waals surface area contributed by atoms with Gasteiger partial charge in [-0.3, -0.25) is 4.79 Å². The molecule has 1 atom stereocenters. The lowest BCUT2D eigenvalue weighted by Gasteiger charge is -2.29. The van der Waals surface area contributed by atoms with Gasteiger partial charge in [-0.05, 0) is 55.0 Å². The molecule has 1 N–H and O–H groups in total. The predicted molar refractivity (Wildman–Crippen MR) is 112 cm³/mol. The second-order valence-corrected chi connectivity index (χ2v) is 9.41. The molecule has 0 aromatic heterocycles. The number of hydrogen-bond acceptors (Lipinski definition) is 3. The molecule has 28 heavy (non-hydrogen) atoms. The van der Waals surface area contributed by atoms with Gasteiger partial charge in [0.15, 0.2) is 0 Å². The van der Waals surface area contributed by atoms with Gasteiger partial charge in [0.05, 0.1) is 10.8 Å². The number of anilines is 1. The van der Waals surface area contributed by atoms with E-state index in [4.69, 9.17) is 0 Å². The van der Waals surface area contributed by atoms with Gasteiger partial charge in [-0.2, -0.15) is 4.31 Å². The third-order valence-corrected chi connectivity index (χ3v) is 7.34. The van der Waals surface area contributed by atoms with Crippen LogP contribution in [0.5, 0.6) is 0 Å². The smallest absolute Gasteiger partial charge is 0.243 e. The number of carbonyl (C=O) groups excluding carboxylic acids is 1. The molecule has 150 valence electrons. The molecule has 0 bridgehead atoms. The summed E-state index contributed by atoms with van der Waals surface area (Å²) < 4.78 is 27.2. The number of piperidine rings is 1. The molecule has 1 heterocycles. The van der Waals surface area contributed by atoms with Crippen LogP contribution in [-0.2, 0) is 14.8 Å². The maximum absolute atomic E-state index is 12.8. The number of sulfonamides is 1. The van der Waals surface area contributed by atoms with Gasteiger partial charge in [0.2, 0.25) is 15.9 Å². The monoisotopic (exact) mass is 400 g/mol. The molecule has 2 aromatic carbocycles. The first-order chi connectivity index (χ1) is 13.4. The van der Waals surface area contributed by atoms with E-state index in [1.165, 1.54) is 0 Å². The molecule has 0 aliphatic carbocycles. The molecule has 3 rings (SSSR count). The van der Waals surface area contributed by atoms with Crippen molar-refractivity contribution in [2.24, 2.45) is 5.92 Å². The van der Waals surface area contributed by atoms with Gasteiger partial charge in [-0.15, -0.1) is 0 Å². The number of nitrogens with zero attached hydrogens (tertiary/aromatic N) is 1. The molecule has 2 aromatic rings. The summed E-state index contributed by atoms with van der Waals surface area (Å²) in [6.45, 7) is 5.27. The largest absolute Gasteiger partial charge is 0.326 e. The summed E-state index contributed by atoms with van der Waals surface area (Å²) in [6.07, 6.45) is 2.48. The summed E-state index contributed by atoms with van der Waals surface area (Å²) in [7, 11) is -3.47. The van der Waals surface area contributed by atoms with Crippen molar-refractivity contribution in [3.05, 3.63) is 60.2 Å². The zero-order valence-corrected chi connectivity index (χ0v) is 17.3. The summed E-state index contributed by atoms with van der Waals surface area (Å²) >= 11 is 0. The van der Waals surface area contributed by atoms with E-state index in [9.17, 15) is 13.2 Å². The maximum atomic E-state index is 12.8. The van der Waals surface area contributed by atoms with Crippen LogP contribution in [0.2, 0.25) is 0 Å². The summed E-state index contributed by atoms with van der Waals surface area (Å²) in [5.41, 5.74) is 1.58. The number of carbonyl (C=O) groups is 1. The minimum atomic E-state index is -3.47. The van der Waals surface area contributed by atoms with Gasteiger partial charge in [-0.25, -0.2) is 8.42 Å². The molecular formula is C22H28N2O3S. The molecule has 1 aliphatic rings. The average molecular weight is 401 g/mol. The number of rotatable bonds is 6. The highest BCUT2D eigenvalue weighted by atomic mass is 32.2. The van der Waals surface area contributed by atoms with Crippen molar-refractivity contribution in [2.45, 2.75) is 43.9 Å². The van der Waals surface area contributed by atoms with E-state index < -0.39 is 10.0 Å². The molecule has 0 saturated carbocycles. The molecular weight excluding hydrogens is 372 g/mol. The van der Waals surface area contributed by atoms with E-state index in [2.05, 4.69) is 12.2 Å². The van der Waals surface area contributed by atoms with Gasteiger partial charge < -0.3 is 5.32 Å². The van der Waals surface area contributed by atoms with Crippen LogP contribution in [0.4, 0.5) is 5.69 Å². The SMILES string of the molecule is CCC(C(=O)Nc1ccc(S(=O)(=O)N2CCC(C)CC2)cc1)c1ccccc1. The summed E-state index contributed by atoms with van der Waals surface area (Å²) in [4.78, 5) is 12.9. The zero-order valence-electron chi connectivity index (χ0n) is 16.5. The van der Waals surface area contributed by atoms with Gasteiger partial charge in [0.1, 0.15) is 0 Å². The first-order valence-electron chi connectivity index (χ1n) is 9.88. The Morgan fingerprint density at radius 1 is 1.07 bits per heavy atom. The first-order valence-corrected chi connectivity index (χ1v) is 11.3. The lowest BCUT2D eigenvalue weighted by Crippen LogP contribution is -2.37. The fraction of sp³-hybridized carbons (Fsp3) is 0.409. The van der Waals surface area contributed by atoms with Crippen molar-refractivity contribution in [1.29, 1.82) is 0 Å². The Kier molecular flexibility index (Phi) is 6.52. The lowest BCUT2D eigenvalue weighted by molar-refractivity contribution is -0.117. The highest BCUT2D eigenvalue weighted by molar-refractivity contribution is 7.89. The molecule has 6 heteroatoms. The first kappa shape index (κ1) is 20.6. The number of benzene rings is 2. The Morgan fingerprint density at radius 2 is 1.68 bits per heavy atom. The third-order valence-electron chi connectivity index (χ3n) is 5.43. The molecule has 1 amide bonds. The van der Waals surface area contributed by atoms with Crippen LogP contribution in [0, 0.1) is 5.92 Å². The summed E-state index contributed by atoms with van der Waals surface area (Å²) in [5, 5.41) is 2.91. The summed E-state index contributed by atoms with van der Waals surface area (Å²) in [6, 6.07) is 16.1. The van der Waals surface area contributed by atoms with Crippen molar-refractivity contribution in [3.63, 3.8) is 0 Å². The van der Waals surface area contributed by atoms with Crippen LogP contribution in [0.15, 0.2) is 59.5 Å². The van der Waals surface area contributed by atoms with E-state index in [0.717, 1.165) is 18.4 Å². The number of amides is 1. The number of hydrogen-bond donors (Lipinski definition) is 1. The van der Waals surface area contributed by atoms with E-state index in [-0.39, 0.29) is 16.7 Å². The van der Waals surface area contributed by atoms with Crippen LogP contribution in [-0.4, -0.2) is 31.7 Å². The standard InChI is InChI=1S/C22H28N2O3S/c1-3-21(18-7-5-4-6-8-18)22(25)23-19-9-11-20(12-10-19)28(26,27)24-15-13-17(2)14-16-24/h4-12,17,21H,3,13-16H2,1-2H3,(H,23,25). The van der Waals surface area contributed by atoms with Crippen LogP contribution < -0.4 is 5.32 Å². The third kappa shape index (κ3) is 4.62. The van der Waals surface area contributed by atoms with E-state index in [1.54, 1.807) is 28.6 Å². The highest BCUT2D eigenvalue weighted by Gasteiger charge is 2.28. The number of nitrogens with one attached hydrogen (secondary N) is 1. The van der Waals surface area contributed by atoms with Gasteiger partial charge in [0, 0.05) is 18.8 Å². The fourth-order valence-electron chi connectivity index (χ4n) is 3.57. The van der Waals surface area contributed by atoms with Crippen LogP contribution in [0.25, 0.3) is 0 Å². The lowest BCUT2D eigenvalue weighted by atomic mass is 9.95. The van der Waals surface area contributed by atoms with Gasteiger partial charge >= 0.3 is 0 Å². The molecule has 1 unspecified atom stereocenters. The van der Waals surface area contributed by atoms with Crippen molar-refractivity contribution in [3.8, 4) is 0 Å². The highest BCUT2D eigenvalue weighted by Crippen LogP contribution is 2.25. The maximum Gasteiger partial charge on any atom is 0.243 e. The van der Waals surface area contributed by atoms with Crippen molar-refractivity contribution < 1.29 is 13.2 Å². The van der Waals surface area contributed by atoms with Crippen LogP contribution in [0.1, 0.15) is 44.6 Å². The van der Waals surface area contributed by atoms with Crippen molar-refractivity contribution in [1.82, 2.24) is 4.31 Å². The molecule has 0 spiro atoms. The minimum absolute atomic E-state index is 0.0886. The summed E-state index contributed by atoms with van der Waals surface area (Å²) in [5.74, 6) is 0.245. The van der Waals surface area contributed by atoms with Crippen molar-refractivity contribution >= 4 is 21.6 Å². The van der Waals surface area contributed by atoms with Crippen LogP contribution >= 0.6 is 0 Å². The van der Waals surface area contributed by atoms with Gasteiger partial charge in [0.25, 0.3) is 0 Å². The Bertz CT molecular complexity index is 887. The quantitative estimate of drug-likeness (QED) is 0.789. The fourth-order valence-corrected chi connectivity index (χ4v) is 5.04. The Hall–Kier alpha value is -2.18. The molecule has 1 aliphatic heterocycles. The Balaban J connectivity index is 1.69. The molecule has 5 nitrogen and oxygen atoms in total. The molecule has 1 fully saturated rings. The van der Waals surface area contributed by atoms with Crippen LogP contribution in [0.3, 0.4) is 0 Å². The van der Waals surface area contributed by atoms with E-state index >= 15 is 0 Å². The second kappa shape index (κ2) is 8.88. The second-order valence-electron chi connectivity index (χ2n) is 7.47. The normalized spacial score (nSPS) is 17.2.